The van der Waals surface area contributed by atoms with E-state index < -0.39 is 6.10 Å². The van der Waals surface area contributed by atoms with Crippen LogP contribution in [0, 0.1) is 0 Å². The highest BCUT2D eigenvalue weighted by Crippen LogP contribution is 2.02. The Morgan fingerprint density at radius 3 is 2.11 bits per heavy atom. The molecule has 112 valence electrons. The van der Waals surface area contributed by atoms with E-state index in [1.165, 1.54) is 0 Å². The van der Waals surface area contributed by atoms with E-state index >= 15 is 0 Å². The van der Waals surface area contributed by atoms with Gasteiger partial charge in [-0.3, -0.25) is 9.59 Å². The van der Waals surface area contributed by atoms with Gasteiger partial charge in [0.25, 0.3) is 0 Å². The molecule has 1 atom stereocenters. The van der Waals surface area contributed by atoms with Crippen molar-refractivity contribution >= 4 is 11.9 Å². The number of hydrogen-bond acceptors (Lipinski definition) is 5. The predicted molar refractivity (Wildman–Crippen MR) is 71.8 cm³/mol. The molecular weight excluding hydrogens is 248 g/mol. The van der Waals surface area contributed by atoms with Gasteiger partial charge in [0.05, 0.1) is 6.61 Å². The Morgan fingerprint density at radius 2 is 1.53 bits per heavy atom. The maximum absolute atomic E-state index is 11.4. The fraction of sp³-hybridized carbons (Fsp3) is 0.857. The molecule has 0 aromatic rings. The lowest BCUT2D eigenvalue weighted by molar-refractivity contribution is -0.162. The van der Waals surface area contributed by atoms with Crippen LogP contribution in [0.2, 0.25) is 0 Å². The largest absolute Gasteiger partial charge is 0.462 e. The molecule has 0 aliphatic heterocycles. The summed E-state index contributed by atoms with van der Waals surface area (Å²) >= 11 is 0. The van der Waals surface area contributed by atoms with Crippen molar-refractivity contribution in [1.29, 1.82) is 0 Å². The molecule has 0 saturated carbocycles. The van der Waals surface area contributed by atoms with Crippen LogP contribution in [-0.2, 0) is 23.8 Å². The van der Waals surface area contributed by atoms with Crippen molar-refractivity contribution in [2.75, 3.05) is 19.8 Å². The highest BCUT2D eigenvalue weighted by molar-refractivity contribution is 5.70. The van der Waals surface area contributed by atoms with Crippen LogP contribution in [0.5, 0.6) is 0 Å². The summed E-state index contributed by atoms with van der Waals surface area (Å²) in [6.07, 6.45) is 2.61. The molecule has 0 rings (SSSR count). The van der Waals surface area contributed by atoms with Gasteiger partial charge in [-0.1, -0.05) is 20.8 Å². The van der Waals surface area contributed by atoms with Gasteiger partial charge in [-0.25, -0.2) is 0 Å². The Labute approximate surface area is 115 Å². The van der Waals surface area contributed by atoms with Gasteiger partial charge < -0.3 is 14.2 Å². The van der Waals surface area contributed by atoms with Crippen molar-refractivity contribution in [3.63, 3.8) is 0 Å². The van der Waals surface area contributed by atoms with E-state index in [4.69, 9.17) is 14.2 Å². The maximum atomic E-state index is 11.4. The number of ether oxygens (including phenoxy) is 3. The molecule has 0 aliphatic rings. The number of esters is 2. The number of carbonyl (C=O) groups is 2. The lowest BCUT2D eigenvalue weighted by Gasteiger charge is -2.18. The Kier molecular flexibility index (Phi) is 11.3. The summed E-state index contributed by atoms with van der Waals surface area (Å²) in [4.78, 5) is 22.7. The van der Waals surface area contributed by atoms with Gasteiger partial charge in [-0.05, 0) is 19.3 Å². The summed E-state index contributed by atoms with van der Waals surface area (Å²) in [5.74, 6) is -0.548. The minimum Gasteiger partial charge on any atom is -0.462 e. The molecule has 1 unspecified atom stereocenters. The summed E-state index contributed by atoms with van der Waals surface area (Å²) in [5.41, 5.74) is 0. The van der Waals surface area contributed by atoms with E-state index in [9.17, 15) is 9.59 Å². The molecule has 0 bridgehead atoms. The second kappa shape index (κ2) is 12.0. The summed E-state index contributed by atoms with van der Waals surface area (Å²) in [6.45, 7) is 6.75. The first-order chi connectivity index (χ1) is 9.13. The standard InChI is InChI=1S/C14H26O5/c1-4-7-13(15)18-11-12(10-17-9-6-3)19-14(16)8-5-2/h12H,4-11H2,1-3H3. The van der Waals surface area contributed by atoms with E-state index in [0.29, 0.717) is 19.4 Å². The Bertz CT molecular complexity index is 252. The van der Waals surface area contributed by atoms with Crippen LogP contribution in [0.15, 0.2) is 0 Å². The minimum atomic E-state index is -0.508. The van der Waals surface area contributed by atoms with Crippen molar-refractivity contribution in [2.24, 2.45) is 0 Å². The molecule has 0 spiro atoms. The fourth-order valence-electron chi connectivity index (χ4n) is 1.39. The monoisotopic (exact) mass is 274 g/mol. The molecule has 0 aromatic heterocycles. The zero-order chi connectivity index (χ0) is 14.5. The second-order valence-electron chi connectivity index (χ2n) is 4.37. The molecule has 5 heteroatoms. The molecule has 0 aromatic carbocycles. The van der Waals surface area contributed by atoms with Crippen molar-refractivity contribution in [2.45, 2.75) is 59.0 Å². The van der Waals surface area contributed by atoms with Crippen molar-refractivity contribution in [1.82, 2.24) is 0 Å². The van der Waals surface area contributed by atoms with E-state index in [2.05, 4.69) is 0 Å². The van der Waals surface area contributed by atoms with E-state index in [0.717, 1.165) is 19.3 Å². The van der Waals surface area contributed by atoms with Gasteiger partial charge in [0.15, 0.2) is 6.10 Å². The Morgan fingerprint density at radius 1 is 0.895 bits per heavy atom. The molecule has 0 saturated heterocycles. The van der Waals surface area contributed by atoms with E-state index in [1.807, 2.05) is 20.8 Å². The topological polar surface area (TPSA) is 61.8 Å². The second-order valence-corrected chi connectivity index (χ2v) is 4.37. The van der Waals surface area contributed by atoms with Crippen LogP contribution in [-0.4, -0.2) is 37.9 Å². The highest BCUT2D eigenvalue weighted by atomic mass is 16.6. The quantitative estimate of drug-likeness (QED) is 0.428. The molecule has 0 amide bonds. The normalized spacial score (nSPS) is 11.9. The zero-order valence-electron chi connectivity index (χ0n) is 12.3. The van der Waals surface area contributed by atoms with Crippen molar-refractivity contribution < 1.29 is 23.8 Å². The molecule has 0 aliphatic carbocycles. The Balaban J connectivity index is 4.08. The maximum Gasteiger partial charge on any atom is 0.306 e. The van der Waals surface area contributed by atoms with E-state index in [1.54, 1.807) is 0 Å². The first kappa shape index (κ1) is 17.9. The molecular formula is C14H26O5. The third-order valence-electron chi connectivity index (χ3n) is 2.29. The van der Waals surface area contributed by atoms with Crippen LogP contribution in [0.3, 0.4) is 0 Å². The summed E-state index contributed by atoms with van der Waals surface area (Å²) in [7, 11) is 0. The van der Waals surface area contributed by atoms with Gasteiger partial charge >= 0.3 is 11.9 Å². The molecule has 0 radical (unpaired) electrons. The fourth-order valence-corrected chi connectivity index (χ4v) is 1.39. The average Bonchev–Trinajstić information content (AvgIpc) is 2.36. The van der Waals surface area contributed by atoms with Crippen LogP contribution in [0.1, 0.15) is 52.9 Å². The van der Waals surface area contributed by atoms with Gasteiger partial charge in [0, 0.05) is 19.4 Å². The predicted octanol–water partition coefficient (Wildman–Crippen LogP) is 2.47. The van der Waals surface area contributed by atoms with E-state index in [-0.39, 0.29) is 25.2 Å². The van der Waals surface area contributed by atoms with Gasteiger partial charge in [0.1, 0.15) is 6.61 Å². The third kappa shape index (κ3) is 10.5. The SMILES string of the molecule is CCCOCC(COC(=O)CCC)OC(=O)CCC. The Hall–Kier alpha value is -1.10. The summed E-state index contributed by atoms with van der Waals surface area (Å²) < 4.78 is 15.6. The number of hydrogen-bond donors (Lipinski definition) is 0. The highest BCUT2D eigenvalue weighted by Gasteiger charge is 2.16. The van der Waals surface area contributed by atoms with Crippen LogP contribution < -0.4 is 0 Å². The molecule has 0 heterocycles. The van der Waals surface area contributed by atoms with Gasteiger partial charge in [0.2, 0.25) is 0 Å². The molecule has 5 nitrogen and oxygen atoms in total. The first-order valence-corrected chi connectivity index (χ1v) is 7.06. The lowest BCUT2D eigenvalue weighted by atomic mass is 10.3. The van der Waals surface area contributed by atoms with Crippen LogP contribution >= 0.6 is 0 Å². The van der Waals surface area contributed by atoms with Crippen LogP contribution in [0.4, 0.5) is 0 Å². The van der Waals surface area contributed by atoms with Crippen LogP contribution in [0.25, 0.3) is 0 Å². The molecule has 0 fully saturated rings. The smallest absolute Gasteiger partial charge is 0.306 e. The number of carbonyl (C=O) groups excluding carboxylic acids is 2. The summed E-state index contributed by atoms with van der Waals surface area (Å²) in [5, 5.41) is 0. The minimum absolute atomic E-state index is 0.0675. The van der Waals surface area contributed by atoms with Crippen molar-refractivity contribution in [3.05, 3.63) is 0 Å². The first-order valence-electron chi connectivity index (χ1n) is 7.06. The van der Waals surface area contributed by atoms with Gasteiger partial charge in [-0.15, -0.1) is 0 Å². The number of rotatable bonds is 11. The molecule has 19 heavy (non-hydrogen) atoms. The lowest BCUT2D eigenvalue weighted by Crippen LogP contribution is -2.29. The average molecular weight is 274 g/mol. The van der Waals surface area contributed by atoms with Gasteiger partial charge in [-0.2, -0.15) is 0 Å². The molecule has 0 N–H and O–H groups in total. The third-order valence-corrected chi connectivity index (χ3v) is 2.29. The van der Waals surface area contributed by atoms with Crippen molar-refractivity contribution in [3.8, 4) is 0 Å². The zero-order valence-corrected chi connectivity index (χ0v) is 12.3. The summed E-state index contributed by atoms with van der Waals surface area (Å²) in [6, 6.07) is 0.